The monoisotopic (exact) mass is 421 g/mol. The number of halogens is 3. The van der Waals surface area contributed by atoms with E-state index in [0.717, 1.165) is 5.92 Å². The third-order valence-electron chi connectivity index (χ3n) is 6.24. The molecule has 26 heavy (non-hydrogen) atoms. The molecule has 0 radical (unpaired) electrons. The number of anilines is 1. The minimum absolute atomic E-state index is 0. The van der Waals surface area contributed by atoms with Crippen LogP contribution in [-0.2, 0) is 12.8 Å². The summed E-state index contributed by atoms with van der Waals surface area (Å²) >= 11 is 0. The Labute approximate surface area is 177 Å². The fourth-order valence-electron chi connectivity index (χ4n) is 4.80. The molecule has 0 bridgehead atoms. The first-order valence-corrected chi connectivity index (χ1v) is 9.63. The maximum atomic E-state index is 6.04. The Bertz CT molecular complexity index is 539. The highest BCUT2D eigenvalue weighted by molar-refractivity contribution is 5.86. The van der Waals surface area contributed by atoms with Crippen LogP contribution in [0.2, 0.25) is 0 Å². The quantitative estimate of drug-likeness (QED) is 0.796. The van der Waals surface area contributed by atoms with E-state index in [-0.39, 0.29) is 37.2 Å². The van der Waals surface area contributed by atoms with Gasteiger partial charge in [0.1, 0.15) is 0 Å². The first-order valence-electron chi connectivity index (χ1n) is 9.63. The highest BCUT2D eigenvalue weighted by Gasteiger charge is 2.25. The fraction of sp³-hybridized carbons (Fsp3) is 0.700. The number of nitrogens with zero attached hydrogens (tertiary/aromatic N) is 2. The molecule has 1 saturated carbocycles. The number of hydrogen-bond donors (Lipinski definition) is 1. The van der Waals surface area contributed by atoms with Crippen LogP contribution in [0.5, 0.6) is 0 Å². The fourth-order valence-corrected chi connectivity index (χ4v) is 4.80. The lowest BCUT2D eigenvalue weighted by Gasteiger charge is -2.39. The van der Waals surface area contributed by atoms with Gasteiger partial charge in [-0.2, -0.15) is 0 Å². The molecule has 0 aromatic heterocycles. The van der Waals surface area contributed by atoms with Crippen LogP contribution in [0.1, 0.15) is 43.2 Å². The van der Waals surface area contributed by atoms with E-state index in [0.29, 0.717) is 6.04 Å². The van der Waals surface area contributed by atoms with Crippen LogP contribution >= 0.6 is 37.2 Å². The van der Waals surface area contributed by atoms with Gasteiger partial charge in [-0.15, -0.1) is 37.2 Å². The van der Waals surface area contributed by atoms with Crippen LogP contribution in [0.15, 0.2) is 18.2 Å². The van der Waals surface area contributed by atoms with Gasteiger partial charge in [-0.05, 0) is 68.1 Å². The first kappa shape index (κ1) is 23.8. The molecule has 150 valence electrons. The molecule has 6 heteroatoms. The molecule has 1 aromatic rings. The van der Waals surface area contributed by atoms with Gasteiger partial charge >= 0.3 is 0 Å². The zero-order chi connectivity index (χ0) is 15.6. The predicted molar refractivity (Wildman–Crippen MR) is 119 cm³/mol. The molecule has 1 heterocycles. The maximum absolute atomic E-state index is 6.04. The molecule has 3 aliphatic rings. The summed E-state index contributed by atoms with van der Waals surface area (Å²) in [5.74, 6) is 0.891. The third kappa shape index (κ3) is 5.42. The molecule has 1 saturated heterocycles. The molecule has 0 unspecified atom stereocenters. The number of fused-ring (bicyclic) bond motifs is 1. The topological polar surface area (TPSA) is 32.5 Å². The molecule has 3 nitrogen and oxygen atoms in total. The van der Waals surface area contributed by atoms with Gasteiger partial charge in [0.05, 0.1) is 0 Å². The van der Waals surface area contributed by atoms with E-state index in [1.807, 2.05) is 0 Å². The summed E-state index contributed by atoms with van der Waals surface area (Å²) in [5.41, 5.74) is 10.8. The van der Waals surface area contributed by atoms with Crippen LogP contribution in [-0.4, -0.2) is 43.7 Å². The van der Waals surface area contributed by atoms with E-state index < -0.39 is 0 Å². The molecule has 2 N–H and O–H groups in total. The van der Waals surface area contributed by atoms with E-state index in [4.69, 9.17) is 5.73 Å². The summed E-state index contributed by atoms with van der Waals surface area (Å²) in [7, 11) is 0. The van der Waals surface area contributed by atoms with Gasteiger partial charge in [-0.1, -0.05) is 12.1 Å². The van der Waals surface area contributed by atoms with Crippen molar-refractivity contribution in [1.82, 2.24) is 4.90 Å². The minimum atomic E-state index is 0. The van der Waals surface area contributed by atoms with Crippen molar-refractivity contribution >= 4 is 42.9 Å². The maximum Gasteiger partial charge on any atom is 0.0402 e. The van der Waals surface area contributed by atoms with Crippen molar-refractivity contribution < 1.29 is 0 Å². The third-order valence-corrected chi connectivity index (χ3v) is 6.24. The number of benzene rings is 1. The summed E-state index contributed by atoms with van der Waals surface area (Å²) in [5, 5.41) is 0. The Morgan fingerprint density at radius 3 is 2.27 bits per heavy atom. The largest absolute Gasteiger partial charge is 0.369 e. The van der Waals surface area contributed by atoms with E-state index in [2.05, 4.69) is 28.0 Å². The second-order valence-electron chi connectivity index (χ2n) is 7.84. The van der Waals surface area contributed by atoms with Crippen LogP contribution in [0.25, 0.3) is 0 Å². The van der Waals surface area contributed by atoms with Gasteiger partial charge in [0.2, 0.25) is 0 Å². The van der Waals surface area contributed by atoms with Crippen molar-refractivity contribution in [3.8, 4) is 0 Å². The Morgan fingerprint density at radius 2 is 1.58 bits per heavy atom. The van der Waals surface area contributed by atoms with Crippen molar-refractivity contribution in [1.29, 1.82) is 0 Å². The SMILES string of the molecule is Cl.Cl.Cl.NC1CCC(CN2CCN(c3cccc4c3CCC4)CC2)CC1. The van der Waals surface area contributed by atoms with Gasteiger partial charge in [0, 0.05) is 44.5 Å². The lowest BCUT2D eigenvalue weighted by Crippen LogP contribution is -2.48. The lowest BCUT2D eigenvalue weighted by atomic mass is 9.86. The number of nitrogens with two attached hydrogens (primary N) is 1. The van der Waals surface area contributed by atoms with Crippen LogP contribution < -0.4 is 10.6 Å². The lowest BCUT2D eigenvalue weighted by molar-refractivity contribution is 0.186. The predicted octanol–water partition coefficient (Wildman–Crippen LogP) is 4.08. The molecule has 0 atom stereocenters. The summed E-state index contributed by atoms with van der Waals surface area (Å²) in [6, 6.07) is 7.42. The summed E-state index contributed by atoms with van der Waals surface area (Å²) in [4.78, 5) is 5.33. The molecule has 4 rings (SSSR count). The molecule has 0 spiro atoms. The first-order chi connectivity index (χ1) is 11.3. The molecule has 1 aliphatic heterocycles. The second kappa shape index (κ2) is 11.0. The Morgan fingerprint density at radius 1 is 0.885 bits per heavy atom. The average molecular weight is 423 g/mol. The highest BCUT2D eigenvalue weighted by Crippen LogP contribution is 2.32. The number of rotatable bonds is 3. The normalized spacial score (nSPS) is 25.5. The van der Waals surface area contributed by atoms with Gasteiger partial charge in [-0.25, -0.2) is 0 Å². The van der Waals surface area contributed by atoms with E-state index in [1.54, 1.807) is 11.1 Å². The molecule has 2 aliphatic carbocycles. The molecular weight excluding hydrogens is 389 g/mol. The Balaban J connectivity index is 0.00000113. The van der Waals surface area contributed by atoms with Gasteiger partial charge < -0.3 is 10.6 Å². The van der Waals surface area contributed by atoms with Crippen molar-refractivity contribution in [2.45, 2.75) is 51.0 Å². The second-order valence-corrected chi connectivity index (χ2v) is 7.84. The van der Waals surface area contributed by atoms with Crippen molar-refractivity contribution in [3.63, 3.8) is 0 Å². The molecular formula is C20H34Cl3N3. The minimum Gasteiger partial charge on any atom is -0.369 e. The number of hydrogen-bond acceptors (Lipinski definition) is 3. The van der Waals surface area contributed by atoms with Crippen molar-refractivity contribution in [3.05, 3.63) is 29.3 Å². The van der Waals surface area contributed by atoms with Crippen LogP contribution in [0.3, 0.4) is 0 Å². The van der Waals surface area contributed by atoms with Crippen molar-refractivity contribution in [2.75, 3.05) is 37.6 Å². The smallest absolute Gasteiger partial charge is 0.0402 e. The summed E-state index contributed by atoms with van der Waals surface area (Å²) in [6.45, 7) is 6.15. The van der Waals surface area contributed by atoms with E-state index in [9.17, 15) is 0 Å². The van der Waals surface area contributed by atoms with Gasteiger partial charge in [0.15, 0.2) is 0 Å². The number of aryl methyl sites for hydroxylation is 1. The molecule has 1 aromatic carbocycles. The van der Waals surface area contributed by atoms with E-state index in [1.165, 1.54) is 83.4 Å². The summed E-state index contributed by atoms with van der Waals surface area (Å²) in [6.07, 6.45) is 9.07. The Kier molecular flexibility index (Phi) is 10.1. The van der Waals surface area contributed by atoms with E-state index >= 15 is 0 Å². The number of piperazine rings is 1. The Hall–Kier alpha value is -0.190. The molecule has 2 fully saturated rings. The zero-order valence-corrected chi connectivity index (χ0v) is 18.0. The van der Waals surface area contributed by atoms with Gasteiger partial charge in [-0.3, -0.25) is 4.90 Å². The molecule has 0 amide bonds. The highest BCUT2D eigenvalue weighted by atomic mass is 35.5. The summed E-state index contributed by atoms with van der Waals surface area (Å²) < 4.78 is 0. The average Bonchev–Trinajstić information content (AvgIpc) is 3.06. The van der Waals surface area contributed by atoms with Crippen LogP contribution in [0, 0.1) is 5.92 Å². The van der Waals surface area contributed by atoms with Crippen LogP contribution in [0.4, 0.5) is 5.69 Å². The standard InChI is InChI=1S/C20H31N3.3ClH/c21-18-9-7-16(8-10-18)15-22-11-13-23(14-12-22)20-6-2-4-17-3-1-5-19(17)20;;;/h2,4,6,16,18H,1,3,5,7-15,21H2;3*1H. The van der Waals surface area contributed by atoms with Gasteiger partial charge in [0.25, 0.3) is 0 Å². The zero-order valence-electron chi connectivity index (χ0n) is 15.6. The van der Waals surface area contributed by atoms with Crippen molar-refractivity contribution in [2.24, 2.45) is 11.7 Å².